The zero-order valence-corrected chi connectivity index (χ0v) is 10.5. The van der Waals surface area contributed by atoms with Crippen molar-refractivity contribution in [2.75, 3.05) is 7.11 Å². The Morgan fingerprint density at radius 2 is 1.72 bits per heavy atom. The molecular formula is C14H11ClF2O. The number of ether oxygens (including phenoxy) is 1. The fourth-order valence-corrected chi connectivity index (χ4v) is 1.94. The molecule has 0 saturated carbocycles. The molecule has 0 aliphatic rings. The van der Waals surface area contributed by atoms with Crippen molar-refractivity contribution in [2.45, 2.75) is 5.88 Å². The van der Waals surface area contributed by atoms with Crippen molar-refractivity contribution < 1.29 is 13.5 Å². The topological polar surface area (TPSA) is 9.23 Å². The SMILES string of the molecule is COc1ccc(CCl)cc1-c1cc(F)cc(F)c1. The maximum atomic E-state index is 13.2. The zero-order valence-electron chi connectivity index (χ0n) is 9.71. The van der Waals surface area contributed by atoms with Gasteiger partial charge in [0.05, 0.1) is 7.11 Å². The Kier molecular flexibility index (Phi) is 3.82. The molecule has 0 saturated heterocycles. The second-order valence-corrected chi connectivity index (χ2v) is 4.09. The first-order valence-corrected chi connectivity index (χ1v) is 5.87. The molecule has 0 amide bonds. The summed E-state index contributed by atoms with van der Waals surface area (Å²) in [4.78, 5) is 0. The molecule has 0 spiro atoms. The van der Waals surface area contributed by atoms with Crippen molar-refractivity contribution in [1.82, 2.24) is 0 Å². The van der Waals surface area contributed by atoms with Gasteiger partial charge in [0.1, 0.15) is 17.4 Å². The quantitative estimate of drug-likeness (QED) is 0.751. The Morgan fingerprint density at radius 3 is 2.28 bits per heavy atom. The second-order valence-electron chi connectivity index (χ2n) is 3.83. The Morgan fingerprint density at radius 1 is 1.06 bits per heavy atom. The summed E-state index contributed by atoms with van der Waals surface area (Å²) in [6.45, 7) is 0. The van der Waals surface area contributed by atoms with Gasteiger partial charge in [-0.15, -0.1) is 11.6 Å². The van der Waals surface area contributed by atoms with Crippen LogP contribution in [0.5, 0.6) is 5.75 Å². The summed E-state index contributed by atoms with van der Waals surface area (Å²) < 4.78 is 31.6. The lowest BCUT2D eigenvalue weighted by Gasteiger charge is -2.10. The van der Waals surface area contributed by atoms with E-state index in [0.29, 0.717) is 22.8 Å². The van der Waals surface area contributed by atoms with Gasteiger partial charge in [0.15, 0.2) is 0 Å². The lowest BCUT2D eigenvalue weighted by atomic mass is 10.0. The highest BCUT2D eigenvalue weighted by Crippen LogP contribution is 2.32. The summed E-state index contributed by atoms with van der Waals surface area (Å²) in [6, 6.07) is 8.67. The van der Waals surface area contributed by atoms with E-state index in [2.05, 4.69) is 0 Å². The van der Waals surface area contributed by atoms with E-state index in [4.69, 9.17) is 16.3 Å². The highest BCUT2D eigenvalue weighted by atomic mass is 35.5. The summed E-state index contributed by atoms with van der Waals surface area (Å²) in [5.41, 5.74) is 1.91. The molecular weight excluding hydrogens is 258 g/mol. The zero-order chi connectivity index (χ0) is 13.1. The van der Waals surface area contributed by atoms with Gasteiger partial charge >= 0.3 is 0 Å². The molecule has 2 aromatic carbocycles. The monoisotopic (exact) mass is 268 g/mol. The molecule has 0 N–H and O–H groups in total. The van der Waals surface area contributed by atoms with E-state index in [-0.39, 0.29) is 0 Å². The highest BCUT2D eigenvalue weighted by molar-refractivity contribution is 6.17. The maximum absolute atomic E-state index is 13.2. The number of benzene rings is 2. The lowest BCUT2D eigenvalue weighted by Crippen LogP contribution is -1.91. The molecule has 0 aliphatic heterocycles. The van der Waals surface area contributed by atoms with Crippen LogP contribution in [0.3, 0.4) is 0 Å². The van der Waals surface area contributed by atoms with Crippen LogP contribution in [0.15, 0.2) is 36.4 Å². The van der Waals surface area contributed by atoms with Crippen molar-refractivity contribution in [3.8, 4) is 16.9 Å². The van der Waals surface area contributed by atoms with Crippen molar-refractivity contribution in [3.63, 3.8) is 0 Å². The van der Waals surface area contributed by atoms with E-state index in [1.165, 1.54) is 19.2 Å². The standard InChI is InChI=1S/C14H11ClF2O/c1-18-14-3-2-9(8-15)4-13(14)10-5-11(16)7-12(17)6-10/h2-7H,8H2,1H3. The van der Waals surface area contributed by atoms with Crippen LogP contribution in [0, 0.1) is 11.6 Å². The number of alkyl halides is 1. The van der Waals surface area contributed by atoms with Gasteiger partial charge in [-0.25, -0.2) is 8.78 Å². The normalized spacial score (nSPS) is 10.4. The van der Waals surface area contributed by atoms with E-state index >= 15 is 0 Å². The summed E-state index contributed by atoms with van der Waals surface area (Å²) >= 11 is 5.76. The van der Waals surface area contributed by atoms with Crippen LogP contribution >= 0.6 is 11.6 Å². The average molecular weight is 269 g/mol. The van der Waals surface area contributed by atoms with Crippen LogP contribution < -0.4 is 4.74 Å². The predicted octanol–water partition coefficient (Wildman–Crippen LogP) is 4.38. The molecule has 0 unspecified atom stereocenters. The first-order valence-electron chi connectivity index (χ1n) is 5.33. The Bertz CT molecular complexity index is 549. The van der Waals surface area contributed by atoms with Gasteiger partial charge in [-0.05, 0) is 35.4 Å². The van der Waals surface area contributed by atoms with E-state index in [1.807, 2.05) is 6.07 Å². The molecule has 0 bridgehead atoms. The average Bonchev–Trinajstić information content (AvgIpc) is 2.36. The van der Waals surface area contributed by atoms with Crippen molar-refractivity contribution >= 4 is 11.6 Å². The fraction of sp³-hybridized carbons (Fsp3) is 0.143. The van der Waals surface area contributed by atoms with Gasteiger partial charge in [0.2, 0.25) is 0 Å². The number of hydrogen-bond donors (Lipinski definition) is 0. The molecule has 1 nitrogen and oxygen atoms in total. The third-order valence-electron chi connectivity index (χ3n) is 2.59. The number of methoxy groups -OCH3 is 1. The molecule has 2 rings (SSSR count). The molecule has 0 fully saturated rings. The number of hydrogen-bond acceptors (Lipinski definition) is 1. The van der Waals surface area contributed by atoms with E-state index in [9.17, 15) is 8.78 Å². The third-order valence-corrected chi connectivity index (χ3v) is 2.90. The van der Waals surface area contributed by atoms with Crippen LogP contribution in [-0.2, 0) is 5.88 Å². The Labute approximate surface area is 109 Å². The minimum atomic E-state index is -0.622. The summed E-state index contributed by atoms with van der Waals surface area (Å²) in [5.74, 6) is -0.366. The minimum absolute atomic E-state index is 0.328. The summed E-state index contributed by atoms with van der Waals surface area (Å²) in [5, 5.41) is 0. The van der Waals surface area contributed by atoms with Gasteiger partial charge < -0.3 is 4.74 Å². The summed E-state index contributed by atoms with van der Waals surface area (Å²) in [7, 11) is 1.51. The lowest BCUT2D eigenvalue weighted by molar-refractivity contribution is 0.416. The molecule has 4 heteroatoms. The van der Waals surface area contributed by atoms with Crippen LogP contribution in [-0.4, -0.2) is 7.11 Å². The first-order chi connectivity index (χ1) is 8.63. The van der Waals surface area contributed by atoms with Crippen LogP contribution in [0.1, 0.15) is 5.56 Å². The molecule has 0 radical (unpaired) electrons. The van der Waals surface area contributed by atoms with Crippen molar-refractivity contribution in [1.29, 1.82) is 0 Å². The van der Waals surface area contributed by atoms with Crippen molar-refractivity contribution in [2.24, 2.45) is 0 Å². The van der Waals surface area contributed by atoms with Crippen molar-refractivity contribution in [3.05, 3.63) is 53.6 Å². The molecule has 2 aromatic rings. The van der Waals surface area contributed by atoms with Gasteiger partial charge in [0, 0.05) is 17.5 Å². The fourth-order valence-electron chi connectivity index (χ4n) is 1.77. The van der Waals surface area contributed by atoms with Crippen LogP contribution in [0.25, 0.3) is 11.1 Å². The van der Waals surface area contributed by atoms with Gasteiger partial charge in [-0.3, -0.25) is 0 Å². The molecule has 18 heavy (non-hydrogen) atoms. The Hall–Kier alpha value is -1.61. The Balaban J connectivity index is 2.60. The predicted molar refractivity (Wildman–Crippen MR) is 67.9 cm³/mol. The highest BCUT2D eigenvalue weighted by Gasteiger charge is 2.09. The van der Waals surface area contributed by atoms with E-state index < -0.39 is 11.6 Å². The smallest absolute Gasteiger partial charge is 0.126 e. The summed E-state index contributed by atoms with van der Waals surface area (Å²) in [6.07, 6.45) is 0. The molecule has 0 atom stereocenters. The first kappa shape index (κ1) is 12.8. The number of halogens is 3. The number of rotatable bonds is 3. The van der Waals surface area contributed by atoms with E-state index in [0.717, 1.165) is 11.6 Å². The van der Waals surface area contributed by atoms with Gasteiger partial charge in [0.25, 0.3) is 0 Å². The maximum Gasteiger partial charge on any atom is 0.126 e. The molecule has 0 heterocycles. The minimum Gasteiger partial charge on any atom is -0.496 e. The molecule has 0 aromatic heterocycles. The molecule has 0 aliphatic carbocycles. The van der Waals surface area contributed by atoms with Crippen LogP contribution in [0.2, 0.25) is 0 Å². The van der Waals surface area contributed by atoms with E-state index in [1.54, 1.807) is 12.1 Å². The van der Waals surface area contributed by atoms with Gasteiger partial charge in [-0.1, -0.05) is 6.07 Å². The second kappa shape index (κ2) is 5.36. The molecule has 94 valence electrons. The van der Waals surface area contributed by atoms with Gasteiger partial charge in [-0.2, -0.15) is 0 Å². The third kappa shape index (κ3) is 2.62. The largest absolute Gasteiger partial charge is 0.496 e. The van der Waals surface area contributed by atoms with Crippen LogP contribution in [0.4, 0.5) is 8.78 Å².